The van der Waals surface area contributed by atoms with Crippen LogP contribution in [0.3, 0.4) is 0 Å². The lowest BCUT2D eigenvalue weighted by Crippen LogP contribution is -2.58. The number of cyclic esters (lactones) is 2. The summed E-state index contributed by atoms with van der Waals surface area (Å²) in [5, 5.41) is 0.713. The number of carbonyl (C=O) groups excluding carboxylic acids is 3. The molecule has 1 aliphatic carbocycles. The monoisotopic (exact) mass is 500 g/mol. The Morgan fingerprint density at radius 3 is 2.26 bits per heavy atom. The number of rotatable bonds is 4. The Bertz CT molecular complexity index is 1080. The van der Waals surface area contributed by atoms with Gasteiger partial charge < -0.3 is 18.8 Å². The van der Waals surface area contributed by atoms with E-state index in [1.807, 2.05) is 41.9 Å². The summed E-state index contributed by atoms with van der Waals surface area (Å²) in [5.74, 6) is -4.85. The number of imidazole rings is 1. The van der Waals surface area contributed by atoms with Crippen LogP contribution in [0, 0.1) is 17.8 Å². The zero-order valence-electron chi connectivity index (χ0n) is 20.6. The maximum atomic E-state index is 13.3. The van der Waals surface area contributed by atoms with Gasteiger partial charge in [-0.15, -0.1) is 0 Å². The molecule has 1 aromatic heterocycles. The predicted octanol–water partition coefficient (Wildman–Crippen LogP) is 4.13. The van der Waals surface area contributed by atoms with Gasteiger partial charge in [0.25, 0.3) is 0 Å². The summed E-state index contributed by atoms with van der Waals surface area (Å²) < 4.78 is 18.6. The van der Waals surface area contributed by atoms with Crippen molar-refractivity contribution in [3.63, 3.8) is 0 Å². The topological polar surface area (TPSA) is 96.7 Å². The zero-order valence-corrected chi connectivity index (χ0v) is 21.4. The molecule has 0 amide bonds. The van der Waals surface area contributed by atoms with Crippen molar-refractivity contribution in [1.82, 2.24) is 9.55 Å². The molecule has 1 aromatic carbocycles. The highest BCUT2D eigenvalue weighted by molar-refractivity contribution is 7.99. The molecule has 8 nitrogen and oxygen atoms in total. The molecule has 188 valence electrons. The summed E-state index contributed by atoms with van der Waals surface area (Å²) in [6.07, 6.45) is 3.84. The fourth-order valence-electron chi connectivity index (χ4n) is 4.69. The van der Waals surface area contributed by atoms with E-state index in [1.54, 1.807) is 27.0 Å². The van der Waals surface area contributed by atoms with Crippen LogP contribution in [-0.4, -0.2) is 46.3 Å². The average Bonchev–Trinajstić information content (AvgIpc) is 3.10. The molecule has 4 unspecified atom stereocenters. The van der Waals surface area contributed by atoms with Gasteiger partial charge in [0.2, 0.25) is 0 Å². The second-order valence-corrected chi connectivity index (χ2v) is 11.0. The molecule has 1 aliphatic heterocycles. The highest BCUT2D eigenvalue weighted by Crippen LogP contribution is 2.55. The van der Waals surface area contributed by atoms with Crippen LogP contribution < -0.4 is 0 Å². The van der Waals surface area contributed by atoms with Crippen molar-refractivity contribution in [2.75, 3.05) is 13.2 Å². The molecule has 35 heavy (non-hydrogen) atoms. The quantitative estimate of drug-likeness (QED) is 0.457. The number of hydrogen-bond acceptors (Lipinski definition) is 8. The van der Waals surface area contributed by atoms with Crippen LogP contribution in [-0.2, 0) is 35.6 Å². The predicted molar refractivity (Wildman–Crippen MR) is 129 cm³/mol. The zero-order chi connectivity index (χ0) is 25.2. The lowest BCUT2D eigenvalue weighted by Gasteiger charge is -2.47. The summed E-state index contributed by atoms with van der Waals surface area (Å²) in [6, 6.07) is 9.82. The van der Waals surface area contributed by atoms with E-state index >= 15 is 0 Å². The lowest BCUT2D eigenvalue weighted by atomic mass is 9.55. The average molecular weight is 501 g/mol. The van der Waals surface area contributed by atoms with E-state index in [-0.39, 0.29) is 13.2 Å². The molecule has 9 heteroatoms. The normalized spacial score (nSPS) is 25.4. The molecule has 0 N–H and O–H groups in total. The maximum absolute atomic E-state index is 13.3. The van der Waals surface area contributed by atoms with Gasteiger partial charge in [-0.1, -0.05) is 30.0 Å². The number of hydrogen-bond donors (Lipinski definition) is 0. The molecule has 4 rings (SSSR count). The van der Waals surface area contributed by atoms with Crippen molar-refractivity contribution in [2.45, 2.75) is 61.6 Å². The Kier molecular flexibility index (Phi) is 7.54. The first kappa shape index (κ1) is 25.3. The van der Waals surface area contributed by atoms with Crippen molar-refractivity contribution >= 4 is 29.7 Å². The lowest BCUT2D eigenvalue weighted by molar-refractivity contribution is -0.190. The molecule has 4 atom stereocenters. The largest absolute Gasteiger partial charge is 0.465 e. The fraction of sp³-hybridized carbons (Fsp3) is 0.538. The van der Waals surface area contributed by atoms with E-state index in [0.717, 1.165) is 11.3 Å². The number of nitrogens with zero attached hydrogens (tertiary/aromatic N) is 2. The molecule has 0 radical (unpaired) electrons. The summed E-state index contributed by atoms with van der Waals surface area (Å²) in [6.45, 7) is 5.86. The van der Waals surface area contributed by atoms with Gasteiger partial charge in [0.15, 0.2) is 5.16 Å². The van der Waals surface area contributed by atoms with Crippen LogP contribution in [0.25, 0.3) is 0 Å². The molecule has 0 spiro atoms. The van der Waals surface area contributed by atoms with Gasteiger partial charge in [-0.25, -0.2) is 4.98 Å². The Morgan fingerprint density at radius 1 is 1.00 bits per heavy atom. The van der Waals surface area contributed by atoms with Crippen LogP contribution in [0.15, 0.2) is 46.6 Å². The highest BCUT2D eigenvalue weighted by Gasteiger charge is 2.64. The smallest absolute Gasteiger partial charge is 0.311 e. The van der Waals surface area contributed by atoms with Gasteiger partial charge in [0.05, 0.1) is 31.0 Å². The number of fused-ring (bicyclic) bond motifs is 1. The number of aromatic nitrogens is 2. The van der Waals surface area contributed by atoms with Crippen LogP contribution in [0.1, 0.15) is 51.6 Å². The first-order valence-electron chi connectivity index (χ1n) is 12.0. The van der Waals surface area contributed by atoms with E-state index in [9.17, 15) is 14.4 Å². The summed E-state index contributed by atoms with van der Waals surface area (Å²) in [7, 11) is 1.85. The minimum absolute atomic E-state index is 0.255. The maximum Gasteiger partial charge on any atom is 0.311 e. The first-order chi connectivity index (χ1) is 16.7. The third-order valence-corrected chi connectivity index (χ3v) is 7.39. The molecule has 2 fully saturated rings. The molecule has 2 aliphatic rings. The second-order valence-electron chi connectivity index (χ2n) is 9.97. The Hall–Kier alpha value is -2.81. The van der Waals surface area contributed by atoms with Crippen molar-refractivity contribution in [3.05, 3.63) is 42.2 Å². The molecule has 1 saturated heterocycles. The summed E-state index contributed by atoms with van der Waals surface area (Å²) >= 11 is 1.48. The molecule has 1 saturated carbocycles. The number of carbonyl (C=O) groups is 3. The van der Waals surface area contributed by atoms with Gasteiger partial charge in [0.1, 0.15) is 5.60 Å². The highest BCUT2D eigenvalue weighted by atomic mass is 32.2. The van der Waals surface area contributed by atoms with Crippen molar-refractivity contribution in [3.8, 4) is 0 Å². The number of esters is 3. The molecular formula is C26H32N2O6S. The van der Waals surface area contributed by atoms with E-state index in [4.69, 9.17) is 14.2 Å². The van der Waals surface area contributed by atoms with E-state index < -0.39 is 47.2 Å². The van der Waals surface area contributed by atoms with E-state index in [0.29, 0.717) is 23.7 Å². The minimum atomic E-state index is -0.958. The van der Waals surface area contributed by atoms with Crippen LogP contribution in [0.2, 0.25) is 0 Å². The number of benzene rings is 1. The Balaban J connectivity index is 1.71. The summed E-state index contributed by atoms with van der Waals surface area (Å²) in [5.41, 5.74) is -0.0640. The SMILES string of the molecule is Cn1c(C2C3C(=O)OCCCCCOC(=O)C3C2C(=O)OC(C)(C)C)cnc1Sc1ccccc1. The van der Waals surface area contributed by atoms with Crippen molar-refractivity contribution in [1.29, 1.82) is 0 Å². The Labute approximate surface area is 209 Å². The third-order valence-electron chi connectivity index (χ3n) is 6.32. The van der Waals surface area contributed by atoms with Gasteiger partial charge in [0, 0.05) is 29.8 Å². The standard InChI is InChI=1S/C26H32N2O6S/c1-26(2,3)34-24(31)20-18(17-15-27-25(28(17)4)35-16-11-7-5-8-12-16)19-21(20)23(30)33-14-10-6-9-13-32-22(19)29/h5,7-8,11-12,15,18-21H,6,9-10,13-14H2,1-4H3. The first-order valence-corrected chi connectivity index (χ1v) is 12.8. The minimum Gasteiger partial charge on any atom is -0.465 e. The van der Waals surface area contributed by atoms with E-state index in [1.165, 1.54) is 11.8 Å². The molecule has 2 aromatic rings. The van der Waals surface area contributed by atoms with Crippen LogP contribution >= 0.6 is 11.8 Å². The van der Waals surface area contributed by atoms with Gasteiger partial charge in [-0.3, -0.25) is 14.4 Å². The number of ether oxygens (including phenoxy) is 3. The van der Waals surface area contributed by atoms with Crippen LogP contribution in [0.5, 0.6) is 0 Å². The molecular weight excluding hydrogens is 468 g/mol. The summed E-state index contributed by atoms with van der Waals surface area (Å²) in [4.78, 5) is 45.2. The van der Waals surface area contributed by atoms with Gasteiger partial charge in [-0.05, 0) is 52.2 Å². The van der Waals surface area contributed by atoms with E-state index in [2.05, 4.69) is 4.98 Å². The Morgan fingerprint density at radius 2 is 1.63 bits per heavy atom. The van der Waals surface area contributed by atoms with Gasteiger partial charge >= 0.3 is 17.9 Å². The molecule has 2 heterocycles. The second kappa shape index (κ2) is 10.4. The van der Waals surface area contributed by atoms with Crippen molar-refractivity contribution in [2.24, 2.45) is 24.8 Å². The van der Waals surface area contributed by atoms with Gasteiger partial charge in [-0.2, -0.15) is 0 Å². The fourth-order valence-corrected chi connectivity index (χ4v) is 5.54. The third kappa shape index (κ3) is 5.55. The van der Waals surface area contributed by atoms with Crippen LogP contribution in [0.4, 0.5) is 0 Å². The van der Waals surface area contributed by atoms with Crippen molar-refractivity contribution < 1.29 is 28.6 Å². The molecule has 0 bridgehead atoms.